The van der Waals surface area contributed by atoms with Crippen LogP contribution in [0.15, 0.2) is 46.0 Å². The molecule has 0 aliphatic heterocycles. The van der Waals surface area contributed by atoms with Gasteiger partial charge in [0.2, 0.25) is 0 Å². The number of amides is 2. The van der Waals surface area contributed by atoms with E-state index in [-0.39, 0.29) is 36.0 Å². The highest BCUT2D eigenvalue weighted by Crippen LogP contribution is 2.15. The first-order valence-corrected chi connectivity index (χ1v) is 9.96. The molecule has 0 unspecified atom stereocenters. The molecule has 9 heteroatoms. The van der Waals surface area contributed by atoms with Crippen molar-refractivity contribution in [1.82, 2.24) is 20.1 Å². The molecule has 0 aliphatic carbocycles. The van der Waals surface area contributed by atoms with Crippen LogP contribution in [0.25, 0.3) is 0 Å². The Morgan fingerprint density at radius 2 is 1.93 bits per heavy atom. The Morgan fingerprint density at radius 3 is 2.45 bits per heavy atom. The fourth-order valence-corrected chi connectivity index (χ4v) is 3.31. The summed E-state index contributed by atoms with van der Waals surface area (Å²) in [7, 11) is 5.82. The van der Waals surface area contributed by atoms with Crippen LogP contribution in [0.3, 0.4) is 0 Å². The fourth-order valence-electron chi connectivity index (χ4n) is 2.74. The molecule has 3 N–H and O–H groups in total. The molecule has 1 heterocycles. The predicted octanol–water partition coefficient (Wildman–Crippen LogP) is 4.14. The lowest BCUT2D eigenvalue weighted by molar-refractivity contribution is 0.250. The topological polar surface area (TPSA) is 73.7 Å². The second-order valence-electron chi connectivity index (χ2n) is 6.97. The zero-order valence-corrected chi connectivity index (χ0v) is 21.4. The molecule has 0 saturated carbocycles. The van der Waals surface area contributed by atoms with Gasteiger partial charge in [-0.25, -0.2) is 4.79 Å². The number of aromatic nitrogens is 1. The third-order valence-electron chi connectivity index (χ3n) is 4.13. The Hall–Kier alpha value is -1.75. The number of urea groups is 1. The van der Waals surface area contributed by atoms with E-state index >= 15 is 0 Å². The maximum atomic E-state index is 11.8. The monoisotopic (exact) mass is 576 g/mol. The Bertz CT molecular complexity index is 819. The summed E-state index contributed by atoms with van der Waals surface area (Å²) in [5, 5.41) is 9.00. The van der Waals surface area contributed by atoms with Gasteiger partial charge in [-0.1, -0.05) is 12.1 Å². The highest BCUT2D eigenvalue weighted by molar-refractivity contribution is 14.0. The molecular weight excluding hydrogens is 547 g/mol. The SMILES string of the molecule is CN=C(NCc1ccc(NC(=O)NC(C)C)cc1)N(C)Cc1cc(Br)cn1C.I. The van der Waals surface area contributed by atoms with E-state index in [1.54, 1.807) is 7.05 Å². The lowest BCUT2D eigenvalue weighted by Gasteiger charge is -2.22. The van der Waals surface area contributed by atoms with Crippen LogP contribution in [-0.2, 0) is 20.1 Å². The number of anilines is 1. The van der Waals surface area contributed by atoms with Gasteiger partial charge >= 0.3 is 6.03 Å². The lowest BCUT2D eigenvalue weighted by atomic mass is 10.2. The summed E-state index contributed by atoms with van der Waals surface area (Å²) in [6, 6.07) is 9.76. The third kappa shape index (κ3) is 8.25. The van der Waals surface area contributed by atoms with Crippen molar-refractivity contribution in [2.45, 2.75) is 33.0 Å². The number of aliphatic imine (C=N–C) groups is 1. The van der Waals surface area contributed by atoms with E-state index in [0.717, 1.165) is 28.2 Å². The first kappa shape index (κ1) is 25.3. The average molecular weight is 577 g/mol. The number of aryl methyl sites for hydroxylation is 1. The Balaban J connectivity index is 0.00000420. The van der Waals surface area contributed by atoms with Crippen molar-refractivity contribution in [2.75, 3.05) is 19.4 Å². The fraction of sp³-hybridized carbons (Fsp3) is 0.400. The van der Waals surface area contributed by atoms with Crippen LogP contribution < -0.4 is 16.0 Å². The molecule has 0 radical (unpaired) electrons. The molecule has 1 aromatic carbocycles. The number of nitrogens with one attached hydrogen (secondary N) is 3. The van der Waals surface area contributed by atoms with Gasteiger partial charge in [0, 0.05) is 55.8 Å². The number of benzene rings is 1. The van der Waals surface area contributed by atoms with Crippen LogP contribution in [0.2, 0.25) is 0 Å². The van der Waals surface area contributed by atoms with Gasteiger partial charge < -0.3 is 25.4 Å². The molecule has 1 aromatic heterocycles. The Labute approximate surface area is 198 Å². The summed E-state index contributed by atoms with van der Waals surface area (Å²) in [5.74, 6) is 0.816. The first-order chi connectivity index (χ1) is 13.3. The third-order valence-corrected chi connectivity index (χ3v) is 4.56. The molecular formula is C20H30BrIN6O. The van der Waals surface area contributed by atoms with Crippen molar-refractivity contribution in [3.8, 4) is 0 Å². The zero-order valence-electron chi connectivity index (χ0n) is 17.5. The second-order valence-corrected chi connectivity index (χ2v) is 7.88. The molecule has 2 rings (SSSR count). The van der Waals surface area contributed by atoms with Crippen molar-refractivity contribution < 1.29 is 4.79 Å². The molecule has 2 aromatic rings. The minimum atomic E-state index is -0.199. The van der Waals surface area contributed by atoms with E-state index in [4.69, 9.17) is 0 Å². The minimum absolute atomic E-state index is 0. The average Bonchev–Trinajstić information content (AvgIpc) is 2.93. The molecule has 0 fully saturated rings. The van der Waals surface area contributed by atoms with Gasteiger partial charge in [0.05, 0.1) is 6.54 Å². The van der Waals surface area contributed by atoms with Gasteiger partial charge in [-0.2, -0.15) is 0 Å². The predicted molar refractivity (Wildman–Crippen MR) is 134 cm³/mol. The van der Waals surface area contributed by atoms with Crippen molar-refractivity contribution in [1.29, 1.82) is 0 Å². The van der Waals surface area contributed by atoms with Gasteiger partial charge in [-0.05, 0) is 53.5 Å². The van der Waals surface area contributed by atoms with E-state index < -0.39 is 0 Å². The molecule has 160 valence electrons. The van der Waals surface area contributed by atoms with E-state index in [2.05, 4.69) is 52.4 Å². The molecule has 0 aliphatic rings. The summed E-state index contributed by atoms with van der Waals surface area (Å²) in [5.41, 5.74) is 3.05. The van der Waals surface area contributed by atoms with E-state index in [9.17, 15) is 4.79 Å². The number of halogens is 2. The maximum Gasteiger partial charge on any atom is 0.319 e. The summed E-state index contributed by atoms with van der Waals surface area (Å²) in [6.45, 7) is 5.24. The van der Waals surface area contributed by atoms with Crippen LogP contribution in [-0.4, -0.2) is 41.6 Å². The quantitative estimate of drug-likeness (QED) is 0.275. The molecule has 0 bridgehead atoms. The first-order valence-electron chi connectivity index (χ1n) is 9.17. The van der Waals surface area contributed by atoms with E-state index in [1.807, 2.05) is 58.4 Å². The zero-order chi connectivity index (χ0) is 20.7. The highest BCUT2D eigenvalue weighted by Gasteiger charge is 2.10. The molecule has 29 heavy (non-hydrogen) atoms. The normalized spacial score (nSPS) is 11.1. The van der Waals surface area contributed by atoms with Gasteiger partial charge in [-0.3, -0.25) is 4.99 Å². The van der Waals surface area contributed by atoms with Crippen LogP contribution in [0.4, 0.5) is 10.5 Å². The van der Waals surface area contributed by atoms with Crippen LogP contribution in [0.1, 0.15) is 25.1 Å². The Kier molecular flexibility index (Phi) is 10.5. The summed E-state index contributed by atoms with van der Waals surface area (Å²) < 4.78 is 3.16. The second kappa shape index (κ2) is 12.1. The maximum absolute atomic E-state index is 11.8. The van der Waals surface area contributed by atoms with E-state index in [1.165, 1.54) is 5.69 Å². The molecule has 7 nitrogen and oxygen atoms in total. The van der Waals surface area contributed by atoms with Gasteiger partial charge in [-0.15, -0.1) is 24.0 Å². The molecule has 0 spiro atoms. The Morgan fingerprint density at radius 1 is 1.28 bits per heavy atom. The van der Waals surface area contributed by atoms with E-state index in [0.29, 0.717) is 6.54 Å². The number of hydrogen-bond donors (Lipinski definition) is 3. The summed E-state index contributed by atoms with van der Waals surface area (Å²) in [6.07, 6.45) is 2.04. The standard InChI is InChI=1S/C20H29BrN6O.HI/c1-14(2)24-20(28)25-17-8-6-15(7-9-17)11-23-19(22-3)27(5)13-18-10-16(21)12-26(18)4;/h6-10,12,14H,11,13H2,1-5H3,(H,22,23)(H2,24,25,28);1H. The highest BCUT2D eigenvalue weighted by atomic mass is 127. The van der Waals surface area contributed by atoms with Gasteiger partial charge in [0.15, 0.2) is 5.96 Å². The minimum Gasteiger partial charge on any atom is -0.352 e. The number of carbonyl (C=O) groups is 1. The van der Waals surface area contributed by atoms with Crippen molar-refractivity contribution >= 4 is 57.6 Å². The van der Waals surface area contributed by atoms with Crippen molar-refractivity contribution in [3.63, 3.8) is 0 Å². The molecule has 2 amide bonds. The number of rotatable bonds is 6. The molecule has 0 atom stereocenters. The molecule has 0 saturated heterocycles. The van der Waals surface area contributed by atoms with Crippen LogP contribution in [0, 0.1) is 0 Å². The lowest BCUT2D eigenvalue weighted by Crippen LogP contribution is -2.38. The van der Waals surface area contributed by atoms with Crippen molar-refractivity contribution in [3.05, 3.63) is 52.3 Å². The number of nitrogens with zero attached hydrogens (tertiary/aromatic N) is 3. The summed E-state index contributed by atoms with van der Waals surface area (Å²) in [4.78, 5) is 18.2. The number of carbonyl (C=O) groups excluding carboxylic acids is 1. The van der Waals surface area contributed by atoms with Crippen molar-refractivity contribution in [2.24, 2.45) is 12.0 Å². The summed E-state index contributed by atoms with van der Waals surface area (Å²) >= 11 is 3.51. The number of hydrogen-bond acceptors (Lipinski definition) is 2. The van der Waals surface area contributed by atoms with Crippen LogP contribution in [0.5, 0.6) is 0 Å². The smallest absolute Gasteiger partial charge is 0.319 e. The largest absolute Gasteiger partial charge is 0.352 e. The van der Waals surface area contributed by atoms with Gasteiger partial charge in [0.25, 0.3) is 0 Å². The van der Waals surface area contributed by atoms with Gasteiger partial charge in [0.1, 0.15) is 0 Å². The van der Waals surface area contributed by atoms with Crippen LogP contribution >= 0.6 is 39.9 Å². The number of guanidine groups is 1.